The van der Waals surface area contributed by atoms with Crippen molar-refractivity contribution in [3.05, 3.63) is 12.2 Å². The lowest BCUT2D eigenvalue weighted by molar-refractivity contribution is -0.492. The Balaban J connectivity index is 1.72. The van der Waals surface area contributed by atoms with E-state index in [0.717, 1.165) is 19.3 Å². The fourth-order valence-corrected chi connectivity index (χ4v) is 7.71. The van der Waals surface area contributed by atoms with Gasteiger partial charge < -0.3 is 15.1 Å². The number of hydrogen-bond donors (Lipinski definition) is 2. The zero-order valence-electron chi connectivity index (χ0n) is 17.5. The van der Waals surface area contributed by atoms with Crippen molar-refractivity contribution in [3.8, 4) is 0 Å². The number of allylic oxidation sites excluding steroid dienone is 2. The molecule has 5 aliphatic rings. The second-order valence-corrected chi connectivity index (χ2v) is 10.2. The van der Waals surface area contributed by atoms with Crippen LogP contribution < -0.4 is 0 Å². The maximum Gasteiger partial charge on any atom is 0.244 e. The molecule has 2 N–H and O–H groups in total. The van der Waals surface area contributed by atoms with Crippen LogP contribution in [0.1, 0.15) is 40.0 Å². The van der Waals surface area contributed by atoms with Crippen LogP contribution in [0, 0.1) is 40.4 Å². The zero-order chi connectivity index (χ0) is 20.9. The average Bonchev–Trinajstić information content (AvgIpc) is 3.01. The van der Waals surface area contributed by atoms with Crippen LogP contribution in [0.15, 0.2) is 12.2 Å². The summed E-state index contributed by atoms with van der Waals surface area (Å²) in [5.41, 5.74) is -2.53. The van der Waals surface area contributed by atoms with Crippen LogP contribution in [0.5, 0.6) is 0 Å². The van der Waals surface area contributed by atoms with Crippen LogP contribution in [0.2, 0.25) is 0 Å². The number of aliphatic hydroxyl groups excluding tert-OH is 1. The van der Waals surface area contributed by atoms with E-state index in [-0.39, 0.29) is 17.6 Å². The molecule has 0 radical (unpaired) electrons. The molecule has 5 rings (SSSR count). The van der Waals surface area contributed by atoms with Crippen molar-refractivity contribution in [1.29, 1.82) is 0 Å². The molecule has 3 aliphatic carbocycles. The molecular formula is C22H31NO6. The third kappa shape index (κ3) is 1.94. The standard InChI is InChI=1S/C22H31NO6/c1-11-5-7-14-13(9-11)6-8-15-17-12(2)28-29-22(27)16(10-24)23(4)19(26)21(17,22)18(25)20(14,15)3/h6,8,11-17,24,27H,5,7,9-10H2,1-4H3/t11-,12-,13?,14-,15+,16+,17+,20+,21+,22+/m1/s1. The summed E-state index contributed by atoms with van der Waals surface area (Å²) in [7, 11) is 1.51. The number of rotatable bonds is 1. The lowest BCUT2D eigenvalue weighted by atomic mass is 9.55. The maximum absolute atomic E-state index is 14.3. The molecule has 1 spiro atoms. The minimum absolute atomic E-state index is 0.129. The van der Waals surface area contributed by atoms with Gasteiger partial charge in [0.2, 0.25) is 11.7 Å². The van der Waals surface area contributed by atoms with Gasteiger partial charge in [0, 0.05) is 18.4 Å². The molecular weight excluding hydrogens is 374 g/mol. The number of carbonyl (C=O) groups is 2. The molecule has 0 aromatic rings. The fourth-order valence-electron chi connectivity index (χ4n) is 7.71. The fraction of sp³-hybridized carbons (Fsp3) is 0.818. The largest absolute Gasteiger partial charge is 0.394 e. The molecule has 2 heterocycles. The summed E-state index contributed by atoms with van der Waals surface area (Å²) in [4.78, 5) is 40.2. The molecule has 29 heavy (non-hydrogen) atoms. The highest BCUT2D eigenvalue weighted by Gasteiger charge is 2.86. The summed E-state index contributed by atoms with van der Waals surface area (Å²) in [5.74, 6) is -2.62. The Labute approximate surface area is 171 Å². The third-order valence-electron chi connectivity index (χ3n) is 9.07. The van der Waals surface area contributed by atoms with Crippen molar-refractivity contribution in [2.45, 2.75) is 58.0 Å². The van der Waals surface area contributed by atoms with Gasteiger partial charge in [-0.3, -0.25) is 9.59 Å². The highest BCUT2D eigenvalue weighted by molar-refractivity contribution is 6.14. The molecule has 1 unspecified atom stereocenters. The number of ketones is 1. The number of fused-ring (bicyclic) bond motifs is 4. The molecule has 2 saturated carbocycles. The van der Waals surface area contributed by atoms with Crippen molar-refractivity contribution in [2.75, 3.05) is 13.7 Å². The number of Topliss-reactive ketones (excluding diaryl/α,β-unsaturated/α-hetero) is 1. The predicted octanol–water partition coefficient (Wildman–Crippen LogP) is 1.29. The van der Waals surface area contributed by atoms with Gasteiger partial charge in [-0.2, -0.15) is 4.89 Å². The normalized spacial score (nSPS) is 56.1. The number of likely N-dealkylation sites (tertiary alicyclic amines) is 1. The Hall–Kier alpha value is -1.28. The lowest BCUT2D eigenvalue weighted by Gasteiger charge is -2.48. The molecule has 10 atom stereocenters. The quantitative estimate of drug-likeness (QED) is 0.388. The number of nitrogens with zero attached hydrogens (tertiary/aromatic N) is 1. The van der Waals surface area contributed by atoms with Crippen molar-refractivity contribution in [3.63, 3.8) is 0 Å². The van der Waals surface area contributed by atoms with Crippen molar-refractivity contribution >= 4 is 11.7 Å². The molecule has 1 amide bonds. The molecule has 7 heteroatoms. The van der Waals surface area contributed by atoms with E-state index in [0.29, 0.717) is 11.8 Å². The molecule has 160 valence electrons. The Morgan fingerprint density at radius 2 is 1.97 bits per heavy atom. The first kappa shape index (κ1) is 19.7. The maximum atomic E-state index is 14.3. The summed E-state index contributed by atoms with van der Waals surface area (Å²) >= 11 is 0. The number of aliphatic hydroxyl groups is 2. The first-order valence-electron chi connectivity index (χ1n) is 10.8. The van der Waals surface area contributed by atoms with Crippen LogP contribution >= 0.6 is 0 Å². The van der Waals surface area contributed by atoms with Gasteiger partial charge in [0.25, 0.3) is 0 Å². The minimum atomic E-state index is -2.20. The minimum Gasteiger partial charge on any atom is -0.394 e. The summed E-state index contributed by atoms with van der Waals surface area (Å²) in [6.07, 6.45) is 6.81. The van der Waals surface area contributed by atoms with Gasteiger partial charge in [0.1, 0.15) is 6.04 Å². The highest BCUT2D eigenvalue weighted by Crippen LogP contribution is 2.71. The third-order valence-corrected chi connectivity index (χ3v) is 9.07. The number of amides is 1. The van der Waals surface area contributed by atoms with E-state index >= 15 is 0 Å². The molecule has 0 bridgehead atoms. The topological polar surface area (TPSA) is 96.3 Å². The van der Waals surface area contributed by atoms with E-state index < -0.39 is 47.2 Å². The highest BCUT2D eigenvalue weighted by atomic mass is 17.2. The zero-order valence-corrected chi connectivity index (χ0v) is 17.5. The van der Waals surface area contributed by atoms with E-state index in [1.165, 1.54) is 11.9 Å². The summed E-state index contributed by atoms with van der Waals surface area (Å²) in [6, 6.07) is -1.05. The van der Waals surface area contributed by atoms with Crippen molar-refractivity contribution in [1.82, 2.24) is 4.90 Å². The van der Waals surface area contributed by atoms with Crippen molar-refractivity contribution in [2.24, 2.45) is 40.4 Å². The van der Waals surface area contributed by atoms with Gasteiger partial charge in [-0.15, -0.1) is 0 Å². The second-order valence-electron chi connectivity index (χ2n) is 10.2. The first-order valence-corrected chi connectivity index (χ1v) is 10.8. The van der Waals surface area contributed by atoms with Gasteiger partial charge in [-0.1, -0.05) is 32.4 Å². The monoisotopic (exact) mass is 405 g/mol. The van der Waals surface area contributed by atoms with E-state index in [4.69, 9.17) is 9.78 Å². The summed E-state index contributed by atoms with van der Waals surface area (Å²) < 4.78 is 0. The Kier molecular flexibility index (Phi) is 4.00. The number of carbonyl (C=O) groups excluding carboxylic acids is 2. The lowest BCUT2D eigenvalue weighted by Crippen LogP contribution is -2.66. The van der Waals surface area contributed by atoms with Crippen LogP contribution in [0.4, 0.5) is 0 Å². The molecule has 2 aliphatic heterocycles. The van der Waals surface area contributed by atoms with Crippen LogP contribution in [-0.2, 0) is 19.4 Å². The SMILES string of the molecule is C[C@@H]1CC[C@@H]2C(C=C[C@H]3[C@@H]4[C@@H](C)OO[C@@]5(O)[C@H](CO)N(C)C(=O)[C@@]45C(=O)[C@@]23C)C1. The molecule has 0 aromatic heterocycles. The number of hydrogen-bond acceptors (Lipinski definition) is 6. The smallest absolute Gasteiger partial charge is 0.244 e. The van der Waals surface area contributed by atoms with Crippen LogP contribution in [0.3, 0.4) is 0 Å². The van der Waals surface area contributed by atoms with E-state index in [9.17, 15) is 19.8 Å². The van der Waals surface area contributed by atoms with Crippen LogP contribution in [-0.4, -0.2) is 58.4 Å². The summed E-state index contributed by atoms with van der Waals surface area (Å²) in [6.45, 7) is 5.51. The van der Waals surface area contributed by atoms with Gasteiger partial charge in [-0.25, -0.2) is 4.89 Å². The molecule has 2 saturated heterocycles. The van der Waals surface area contributed by atoms with E-state index in [1.807, 2.05) is 6.92 Å². The van der Waals surface area contributed by atoms with Crippen LogP contribution in [0.25, 0.3) is 0 Å². The van der Waals surface area contributed by atoms with Gasteiger partial charge in [0.15, 0.2) is 11.2 Å². The Morgan fingerprint density at radius 1 is 1.24 bits per heavy atom. The average molecular weight is 405 g/mol. The molecule has 4 fully saturated rings. The molecule has 7 nitrogen and oxygen atoms in total. The van der Waals surface area contributed by atoms with Gasteiger partial charge >= 0.3 is 0 Å². The first-order chi connectivity index (χ1) is 13.7. The van der Waals surface area contributed by atoms with Crippen molar-refractivity contribution < 1.29 is 29.6 Å². The number of likely N-dealkylation sites (N-methyl/N-ethyl adjacent to an activating group) is 1. The van der Waals surface area contributed by atoms with Gasteiger partial charge in [0.05, 0.1) is 12.7 Å². The Morgan fingerprint density at radius 3 is 2.66 bits per heavy atom. The molecule has 0 aromatic carbocycles. The van der Waals surface area contributed by atoms with Gasteiger partial charge in [-0.05, 0) is 43.4 Å². The second kappa shape index (κ2) is 5.90. The Bertz CT molecular complexity index is 798. The van der Waals surface area contributed by atoms with E-state index in [1.54, 1.807) is 6.92 Å². The summed E-state index contributed by atoms with van der Waals surface area (Å²) in [5, 5.41) is 21.6. The van der Waals surface area contributed by atoms with E-state index in [2.05, 4.69) is 19.1 Å². The predicted molar refractivity (Wildman–Crippen MR) is 102 cm³/mol.